The molecule has 1 aromatic heterocycles. The zero-order valence-corrected chi connectivity index (χ0v) is 11.6. The molecule has 5 heteroatoms. The molecule has 0 saturated carbocycles. The highest BCUT2D eigenvalue weighted by atomic mass is 35.5. The van der Waals surface area contributed by atoms with Crippen LogP contribution in [0.2, 0.25) is 5.15 Å². The molecule has 0 saturated heterocycles. The van der Waals surface area contributed by atoms with E-state index < -0.39 is 11.6 Å². The van der Waals surface area contributed by atoms with Crippen molar-refractivity contribution in [2.24, 2.45) is 0 Å². The molecule has 2 nitrogen and oxygen atoms in total. The molecular formula is C16H10ClF2NO. The molecule has 1 heterocycles. The van der Waals surface area contributed by atoms with Crippen molar-refractivity contribution in [3.05, 3.63) is 70.9 Å². The van der Waals surface area contributed by atoms with Gasteiger partial charge in [0.1, 0.15) is 29.1 Å². The summed E-state index contributed by atoms with van der Waals surface area (Å²) in [6.45, 7) is 0.0829. The van der Waals surface area contributed by atoms with Crippen molar-refractivity contribution in [1.29, 1.82) is 0 Å². The lowest BCUT2D eigenvalue weighted by atomic mass is 10.2. The maximum absolute atomic E-state index is 13.1. The fourth-order valence-electron chi connectivity index (χ4n) is 2.01. The van der Waals surface area contributed by atoms with Crippen LogP contribution in [0, 0.1) is 11.6 Å². The molecule has 106 valence electrons. The second-order valence-corrected chi connectivity index (χ2v) is 4.88. The number of ether oxygens (including phenoxy) is 1. The Morgan fingerprint density at radius 2 is 1.71 bits per heavy atom. The molecule has 0 fully saturated rings. The number of hydrogen-bond donors (Lipinski definition) is 0. The summed E-state index contributed by atoms with van der Waals surface area (Å²) in [4.78, 5) is 4.26. The zero-order valence-electron chi connectivity index (χ0n) is 10.8. The van der Waals surface area contributed by atoms with Crippen LogP contribution in [0.4, 0.5) is 8.78 Å². The van der Waals surface area contributed by atoms with Crippen LogP contribution in [0.25, 0.3) is 10.9 Å². The van der Waals surface area contributed by atoms with E-state index in [4.69, 9.17) is 16.3 Å². The largest absolute Gasteiger partial charge is 0.489 e. The summed E-state index contributed by atoms with van der Waals surface area (Å²) in [5.41, 5.74) is 1.43. The van der Waals surface area contributed by atoms with Gasteiger partial charge in [-0.3, -0.25) is 0 Å². The van der Waals surface area contributed by atoms with Gasteiger partial charge in [0, 0.05) is 29.1 Å². The van der Waals surface area contributed by atoms with Gasteiger partial charge < -0.3 is 4.74 Å². The summed E-state index contributed by atoms with van der Waals surface area (Å²) in [5, 5.41) is 1.23. The number of nitrogens with zero attached hydrogens (tertiary/aromatic N) is 1. The third-order valence-corrected chi connectivity index (χ3v) is 3.31. The molecule has 0 aliphatic rings. The Morgan fingerprint density at radius 3 is 2.48 bits per heavy atom. The second-order valence-electron chi connectivity index (χ2n) is 4.52. The van der Waals surface area contributed by atoms with Crippen molar-refractivity contribution >= 4 is 22.5 Å². The minimum Gasteiger partial charge on any atom is -0.489 e. The molecule has 0 spiro atoms. The maximum Gasteiger partial charge on any atom is 0.136 e. The summed E-state index contributed by atoms with van der Waals surface area (Å²) in [6, 6.07) is 12.4. The molecular weight excluding hydrogens is 296 g/mol. The van der Waals surface area contributed by atoms with E-state index in [1.807, 2.05) is 30.3 Å². The van der Waals surface area contributed by atoms with Crippen LogP contribution in [-0.4, -0.2) is 4.98 Å². The van der Waals surface area contributed by atoms with E-state index in [2.05, 4.69) is 4.98 Å². The van der Waals surface area contributed by atoms with Crippen molar-refractivity contribution < 1.29 is 13.5 Å². The summed E-state index contributed by atoms with van der Waals surface area (Å²) in [5.74, 6) is -1.27. The van der Waals surface area contributed by atoms with Crippen LogP contribution in [0.15, 0.2) is 48.5 Å². The Hall–Kier alpha value is -2.20. The number of halogens is 3. The van der Waals surface area contributed by atoms with Gasteiger partial charge in [0.05, 0.1) is 5.52 Å². The highest BCUT2D eigenvalue weighted by Gasteiger charge is 2.07. The minimum absolute atomic E-state index is 0.0829. The Labute approximate surface area is 125 Å². The Bertz CT molecular complexity index is 787. The van der Waals surface area contributed by atoms with E-state index in [1.54, 1.807) is 0 Å². The van der Waals surface area contributed by atoms with E-state index >= 15 is 0 Å². The number of benzene rings is 2. The van der Waals surface area contributed by atoms with Crippen LogP contribution in [0.5, 0.6) is 5.75 Å². The van der Waals surface area contributed by atoms with Crippen LogP contribution in [-0.2, 0) is 6.61 Å². The van der Waals surface area contributed by atoms with Gasteiger partial charge in [0.2, 0.25) is 0 Å². The van der Waals surface area contributed by atoms with Gasteiger partial charge in [0.25, 0.3) is 0 Å². The van der Waals surface area contributed by atoms with Crippen molar-refractivity contribution in [3.8, 4) is 5.75 Å². The van der Waals surface area contributed by atoms with Gasteiger partial charge in [0.15, 0.2) is 0 Å². The lowest BCUT2D eigenvalue weighted by molar-refractivity contribution is 0.302. The molecule has 0 bridgehead atoms. The normalized spacial score (nSPS) is 10.8. The smallest absolute Gasteiger partial charge is 0.136 e. The molecule has 0 aliphatic carbocycles. The quantitative estimate of drug-likeness (QED) is 0.652. The maximum atomic E-state index is 13.1. The molecule has 0 N–H and O–H groups in total. The number of fused-ring (bicyclic) bond motifs is 1. The van der Waals surface area contributed by atoms with Crippen LogP contribution in [0.1, 0.15) is 5.56 Å². The van der Waals surface area contributed by atoms with Gasteiger partial charge in [-0.2, -0.15) is 0 Å². The topological polar surface area (TPSA) is 22.1 Å². The number of pyridine rings is 1. The summed E-state index contributed by atoms with van der Waals surface area (Å²) in [7, 11) is 0. The van der Waals surface area contributed by atoms with Gasteiger partial charge in [-0.25, -0.2) is 13.8 Å². The molecule has 21 heavy (non-hydrogen) atoms. The van der Waals surface area contributed by atoms with E-state index in [-0.39, 0.29) is 12.4 Å². The molecule has 2 aromatic carbocycles. The first-order valence-corrected chi connectivity index (χ1v) is 6.63. The first-order valence-electron chi connectivity index (χ1n) is 6.25. The Balaban J connectivity index is 1.86. The van der Waals surface area contributed by atoms with Gasteiger partial charge >= 0.3 is 0 Å². The molecule has 3 rings (SSSR count). The SMILES string of the molecule is Fc1cc(F)cc(OCc2cc3ccccc3nc2Cl)c1. The molecule has 0 amide bonds. The third kappa shape index (κ3) is 3.11. The van der Waals surface area contributed by atoms with Crippen molar-refractivity contribution in [3.63, 3.8) is 0 Å². The minimum atomic E-state index is -0.687. The first kappa shape index (κ1) is 13.8. The van der Waals surface area contributed by atoms with Crippen LogP contribution in [0.3, 0.4) is 0 Å². The van der Waals surface area contributed by atoms with Crippen molar-refractivity contribution in [2.75, 3.05) is 0 Å². The Morgan fingerprint density at radius 1 is 1.00 bits per heavy atom. The number of rotatable bonds is 3. The summed E-state index contributed by atoms with van der Waals surface area (Å²) >= 11 is 6.09. The Kier molecular flexibility index (Phi) is 3.71. The monoisotopic (exact) mass is 305 g/mol. The lowest BCUT2D eigenvalue weighted by Crippen LogP contribution is -1.99. The predicted molar refractivity (Wildman–Crippen MR) is 77.4 cm³/mol. The van der Waals surface area contributed by atoms with E-state index in [0.717, 1.165) is 29.1 Å². The fourth-order valence-corrected chi connectivity index (χ4v) is 2.21. The highest BCUT2D eigenvalue weighted by molar-refractivity contribution is 6.30. The fraction of sp³-hybridized carbons (Fsp3) is 0.0625. The van der Waals surface area contributed by atoms with Gasteiger partial charge in [-0.15, -0.1) is 0 Å². The number of aromatic nitrogens is 1. The molecule has 0 aliphatic heterocycles. The average Bonchev–Trinajstić information content (AvgIpc) is 2.44. The van der Waals surface area contributed by atoms with Crippen LogP contribution >= 0.6 is 11.6 Å². The molecule has 3 aromatic rings. The van der Waals surface area contributed by atoms with Crippen molar-refractivity contribution in [2.45, 2.75) is 6.61 Å². The van der Waals surface area contributed by atoms with E-state index in [9.17, 15) is 8.78 Å². The molecule has 0 atom stereocenters. The summed E-state index contributed by atoms with van der Waals surface area (Å²) in [6.07, 6.45) is 0. The average molecular weight is 306 g/mol. The number of para-hydroxylation sites is 1. The third-order valence-electron chi connectivity index (χ3n) is 2.98. The van der Waals surface area contributed by atoms with E-state index in [0.29, 0.717) is 10.7 Å². The van der Waals surface area contributed by atoms with E-state index in [1.165, 1.54) is 0 Å². The lowest BCUT2D eigenvalue weighted by Gasteiger charge is -2.09. The highest BCUT2D eigenvalue weighted by Crippen LogP contribution is 2.23. The number of hydrogen-bond acceptors (Lipinski definition) is 2. The summed E-state index contributed by atoms with van der Waals surface area (Å²) < 4.78 is 31.5. The molecule has 0 unspecified atom stereocenters. The zero-order chi connectivity index (χ0) is 14.8. The van der Waals surface area contributed by atoms with Crippen LogP contribution < -0.4 is 4.74 Å². The first-order chi connectivity index (χ1) is 10.1. The molecule has 0 radical (unpaired) electrons. The van der Waals surface area contributed by atoms with Gasteiger partial charge in [-0.05, 0) is 12.1 Å². The van der Waals surface area contributed by atoms with Gasteiger partial charge in [-0.1, -0.05) is 29.8 Å². The van der Waals surface area contributed by atoms with Crippen molar-refractivity contribution in [1.82, 2.24) is 4.98 Å². The second kappa shape index (κ2) is 5.66. The predicted octanol–water partition coefficient (Wildman–Crippen LogP) is 4.75. The standard InChI is InChI=1S/C16H10ClF2NO/c17-16-11(5-10-3-1-2-4-15(10)20-16)9-21-14-7-12(18)6-13(19)8-14/h1-8H,9H2.